The van der Waals surface area contributed by atoms with E-state index in [1.807, 2.05) is 0 Å². The number of hydrogen-bond acceptors (Lipinski definition) is 7. The summed E-state index contributed by atoms with van der Waals surface area (Å²) >= 11 is 0. The van der Waals surface area contributed by atoms with Crippen LogP contribution in [0.1, 0.15) is 43.3 Å². The molecule has 1 amide bonds. The predicted octanol–water partition coefficient (Wildman–Crippen LogP) is 0.420. The van der Waals surface area contributed by atoms with Crippen molar-refractivity contribution in [3.63, 3.8) is 0 Å². The van der Waals surface area contributed by atoms with Crippen LogP contribution in [-0.2, 0) is 17.9 Å². The normalized spacial score (nSPS) is 17.0. The average Bonchev–Trinajstić information content (AvgIpc) is 3.12. The molecule has 0 atom stereocenters. The maximum absolute atomic E-state index is 12.1. The fraction of sp³-hybridized carbons (Fsp3) is 0.562. The lowest BCUT2D eigenvalue weighted by Gasteiger charge is -2.16. The van der Waals surface area contributed by atoms with Gasteiger partial charge in [0.2, 0.25) is 11.8 Å². The summed E-state index contributed by atoms with van der Waals surface area (Å²) in [7, 11) is 0. The number of carbonyl (C=O) groups excluding carboxylic acids is 1. The Morgan fingerprint density at radius 2 is 2.12 bits per heavy atom. The first-order valence-corrected chi connectivity index (χ1v) is 8.60. The molecule has 0 spiro atoms. The summed E-state index contributed by atoms with van der Waals surface area (Å²) in [5.74, 6) is 1.15. The molecule has 2 fully saturated rings. The molecular weight excluding hydrogens is 324 g/mol. The van der Waals surface area contributed by atoms with E-state index in [1.165, 1.54) is 6.07 Å². The summed E-state index contributed by atoms with van der Waals surface area (Å²) in [4.78, 5) is 30.5. The SMILES string of the molecule is O=C(Cn1ncc(N2CCCC2)cc1=O)NCc1noc(C2CC2)n1. The lowest BCUT2D eigenvalue weighted by atomic mass is 10.4. The number of nitrogens with zero attached hydrogens (tertiary/aromatic N) is 5. The minimum Gasteiger partial charge on any atom is -0.370 e. The van der Waals surface area contributed by atoms with Crippen molar-refractivity contribution in [2.45, 2.75) is 44.7 Å². The van der Waals surface area contributed by atoms with Gasteiger partial charge in [-0.1, -0.05) is 5.16 Å². The van der Waals surface area contributed by atoms with Crippen LogP contribution in [0, 0.1) is 0 Å². The largest absolute Gasteiger partial charge is 0.370 e. The topological polar surface area (TPSA) is 106 Å². The summed E-state index contributed by atoms with van der Waals surface area (Å²) in [6, 6.07) is 1.53. The molecule has 25 heavy (non-hydrogen) atoms. The maximum Gasteiger partial charge on any atom is 0.269 e. The molecule has 2 aromatic rings. The van der Waals surface area contributed by atoms with E-state index in [4.69, 9.17) is 4.52 Å². The number of aromatic nitrogens is 4. The molecule has 2 aromatic heterocycles. The molecule has 4 rings (SSSR count). The summed E-state index contributed by atoms with van der Waals surface area (Å²) < 4.78 is 6.29. The fourth-order valence-electron chi connectivity index (χ4n) is 2.90. The Bertz CT molecular complexity index is 819. The van der Waals surface area contributed by atoms with Gasteiger partial charge in [0.15, 0.2) is 5.82 Å². The van der Waals surface area contributed by atoms with Crippen LogP contribution in [0.5, 0.6) is 0 Å². The van der Waals surface area contributed by atoms with E-state index in [0.717, 1.165) is 49.1 Å². The zero-order valence-corrected chi connectivity index (χ0v) is 13.8. The van der Waals surface area contributed by atoms with Crippen molar-refractivity contribution >= 4 is 11.6 Å². The number of nitrogens with one attached hydrogen (secondary N) is 1. The summed E-state index contributed by atoms with van der Waals surface area (Å²) in [5, 5.41) is 10.6. The first-order valence-electron chi connectivity index (χ1n) is 8.60. The molecule has 0 unspecified atom stereocenters. The van der Waals surface area contributed by atoms with Gasteiger partial charge in [-0.25, -0.2) is 4.68 Å². The minimum absolute atomic E-state index is 0.132. The van der Waals surface area contributed by atoms with E-state index < -0.39 is 0 Å². The van der Waals surface area contributed by atoms with Crippen LogP contribution >= 0.6 is 0 Å². The standard InChI is InChI=1S/C16H20N6O3/c23-14(17-9-13-19-16(25-20-13)11-3-4-11)10-22-15(24)7-12(8-18-22)21-5-1-2-6-21/h7-8,11H,1-6,9-10H2,(H,17,23). The first-order chi connectivity index (χ1) is 12.2. The zero-order chi connectivity index (χ0) is 17.2. The second-order valence-corrected chi connectivity index (χ2v) is 6.50. The van der Waals surface area contributed by atoms with Crippen molar-refractivity contribution in [1.29, 1.82) is 0 Å². The lowest BCUT2D eigenvalue weighted by molar-refractivity contribution is -0.122. The van der Waals surface area contributed by atoms with Gasteiger partial charge < -0.3 is 14.7 Å². The average molecular weight is 344 g/mol. The molecule has 1 aliphatic heterocycles. The third-order valence-electron chi connectivity index (χ3n) is 4.47. The fourth-order valence-corrected chi connectivity index (χ4v) is 2.90. The Labute approximate surface area is 144 Å². The highest BCUT2D eigenvalue weighted by molar-refractivity contribution is 5.75. The Morgan fingerprint density at radius 1 is 1.32 bits per heavy atom. The van der Waals surface area contributed by atoms with Gasteiger partial charge in [0.25, 0.3) is 5.56 Å². The highest BCUT2D eigenvalue weighted by atomic mass is 16.5. The summed E-state index contributed by atoms with van der Waals surface area (Å²) in [6.07, 6.45) is 6.06. The van der Waals surface area contributed by atoms with E-state index in [0.29, 0.717) is 17.6 Å². The highest BCUT2D eigenvalue weighted by Crippen LogP contribution is 2.38. The third-order valence-corrected chi connectivity index (χ3v) is 4.47. The zero-order valence-electron chi connectivity index (χ0n) is 13.8. The Morgan fingerprint density at radius 3 is 2.84 bits per heavy atom. The number of carbonyl (C=O) groups is 1. The monoisotopic (exact) mass is 344 g/mol. The Balaban J connectivity index is 1.32. The predicted molar refractivity (Wildman–Crippen MR) is 88.1 cm³/mol. The van der Waals surface area contributed by atoms with Gasteiger partial charge in [0.1, 0.15) is 6.54 Å². The molecule has 132 valence electrons. The summed E-state index contributed by atoms with van der Waals surface area (Å²) in [6.45, 7) is 1.93. The van der Waals surface area contributed by atoms with E-state index in [1.54, 1.807) is 6.20 Å². The molecule has 1 saturated carbocycles. The smallest absolute Gasteiger partial charge is 0.269 e. The number of anilines is 1. The molecule has 2 aliphatic rings. The van der Waals surface area contributed by atoms with Crippen LogP contribution in [0.15, 0.2) is 21.6 Å². The van der Waals surface area contributed by atoms with Crippen molar-refractivity contribution in [2.75, 3.05) is 18.0 Å². The number of rotatable bonds is 6. The van der Waals surface area contributed by atoms with Crippen LogP contribution in [0.25, 0.3) is 0 Å². The molecule has 0 aromatic carbocycles. The van der Waals surface area contributed by atoms with Gasteiger partial charge in [-0.3, -0.25) is 9.59 Å². The first kappa shape index (κ1) is 15.8. The molecule has 1 N–H and O–H groups in total. The third kappa shape index (κ3) is 3.70. The van der Waals surface area contributed by atoms with Gasteiger partial charge in [0, 0.05) is 25.1 Å². The van der Waals surface area contributed by atoms with E-state index >= 15 is 0 Å². The molecule has 0 radical (unpaired) electrons. The maximum atomic E-state index is 12.1. The van der Waals surface area contributed by atoms with Crippen molar-refractivity contribution in [3.05, 3.63) is 34.3 Å². The summed E-state index contributed by atoms with van der Waals surface area (Å²) in [5.41, 5.74) is 0.536. The lowest BCUT2D eigenvalue weighted by Crippen LogP contribution is -2.34. The second-order valence-electron chi connectivity index (χ2n) is 6.50. The molecular formula is C16H20N6O3. The quantitative estimate of drug-likeness (QED) is 0.809. The Hall–Kier alpha value is -2.71. The molecule has 0 bridgehead atoms. The molecule has 9 heteroatoms. The van der Waals surface area contributed by atoms with Crippen molar-refractivity contribution in [3.8, 4) is 0 Å². The van der Waals surface area contributed by atoms with Crippen LogP contribution < -0.4 is 15.8 Å². The Kier molecular flexibility index (Phi) is 4.21. The second kappa shape index (κ2) is 6.66. The van der Waals surface area contributed by atoms with Crippen LogP contribution in [0.2, 0.25) is 0 Å². The number of amides is 1. The van der Waals surface area contributed by atoms with E-state index in [9.17, 15) is 9.59 Å². The molecule has 9 nitrogen and oxygen atoms in total. The highest BCUT2D eigenvalue weighted by Gasteiger charge is 2.29. The van der Waals surface area contributed by atoms with Crippen molar-refractivity contribution in [2.24, 2.45) is 0 Å². The van der Waals surface area contributed by atoms with Gasteiger partial charge >= 0.3 is 0 Å². The van der Waals surface area contributed by atoms with Crippen LogP contribution in [0.4, 0.5) is 5.69 Å². The van der Waals surface area contributed by atoms with Crippen LogP contribution in [-0.4, -0.2) is 38.9 Å². The van der Waals surface area contributed by atoms with Crippen molar-refractivity contribution < 1.29 is 9.32 Å². The van der Waals surface area contributed by atoms with Crippen molar-refractivity contribution in [1.82, 2.24) is 25.2 Å². The van der Waals surface area contributed by atoms with Gasteiger partial charge in [-0.2, -0.15) is 10.1 Å². The van der Waals surface area contributed by atoms with Gasteiger partial charge in [0.05, 0.1) is 18.4 Å². The van der Waals surface area contributed by atoms with E-state index in [2.05, 4.69) is 25.5 Å². The van der Waals surface area contributed by atoms with E-state index in [-0.39, 0.29) is 24.6 Å². The van der Waals surface area contributed by atoms with Crippen LogP contribution in [0.3, 0.4) is 0 Å². The molecule has 1 saturated heterocycles. The number of hydrogen-bond donors (Lipinski definition) is 1. The van der Waals surface area contributed by atoms with Gasteiger partial charge in [-0.05, 0) is 25.7 Å². The van der Waals surface area contributed by atoms with Gasteiger partial charge in [-0.15, -0.1) is 0 Å². The molecule has 1 aliphatic carbocycles. The minimum atomic E-state index is -0.318. The molecule has 3 heterocycles.